The first-order valence-electron chi connectivity index (χ1n) is 6.93. The quantitative estimate of drug-likeness (QED) is 0.404. The van der Waals surface area contributed by atoms with Gasteiger partial charge in [-0.25, -0.2) is 0 Å². The molecule has 0 unspecified atom stereocenters. The van der Waals surface area contributed by atoms with Gasteiger partial charge in [-0.3, -0.25) is 0 Å². The Morgan fingerprint density at radius 3 is 1.62 bits per heavy atom. The molecule has 0 nitrogen and oxygen atoms in total. The van der Waals surface area contributed by atoms with Crippen molar-refractivity contribution >= 4 is 43.3 Å². The Kier molecular flexibility index (Phi) is 5.11. The summed E-state index contributed by atoms with van der Waals surface area (Å²) in [5.74, 6) is 0. The van der Waals surface area contributed by atoms with Gasteiger partial charge in [0.15, 0.2) is 0 Å². The van der Waals surface area contributed by atoms with Gasteiger partial charge in [0, 0.05) is 0 Å². The summed E-state index contributed by atoms with van der Waals surface area (Å²) in [6.07, 6.45) is 2.18. The van der Waals surface area contributed by atoms with Gasteiger partial charge in [0.2, 0.25) is 0 Å². The van der Waals surface area contributed by atoms with E-state index in [1.165, 1.54) is 4.90 Å². The average molecular weight is 486 g/mol. The summed E-state index contributed by atoms with van der Waals surface area (Å²) in [5, 5.41) is 0. The fourth-order valence-electron chi connectivity index (χ4n) is 2.40. The van der Waals surface area contributed by atoms with Gasteiger partial charge in [0.1, 0.15) is 0 Å². The van der Waals surface area contributed by atoms with Crippen LogP contribution >= 0.6 is 11.8 Å². The molecule has 104 valence electrons. The minimum atomic E-state index is -2.17. The van der Waals surface area contributed by atoms with Crippen LogP contribution in [0.15, 0.2) is 89.8 Å². The van der Waals surface area contributed by atoms with E-state index >= 15 is 0 Å². The molecule has 0 saturated heterocycles. The van der Waals surface area contributed by atoms with Crippen molar-refractivity contribution in [2.24, 2.45) is 0 Å². The van der Waals surface area contributed by atoms with Crippen LogP contribution in [0.3, 0.4) is 0 Å². The van der Waals surface area contributed by atoms with Crippen LogP contribution in [0, 0.1) is 0 Å². The van der Waals surface area contributed by atoms with Crippen LogP contribution in [0.4, 0.5) is 0 Å². The molecule has 3 aromatic carbocycles. The molecule has 0 amide bonds. The molecule has 0 saturated carbocycles. The Bertz CT molecular complexity index is 656. The van der Waals surface area contributed by atoms with Gasteiger partial charge in [0.25, 0.3) is 0 Å². The first-order chi connectivity index (χ1) is 10.4. The van der Waals surface area contributed by atoms with Crippen molar-refractivity contribution < 1.29 is 0 Å². The van der Waals surface area contributed by atoms with Gasteiger partial charge in [-0.1, -0.05) is 0 Å². The zero-order chi connectivity index (χ0) is 14.5. The van der Waals surface area contributed by atoms with E-state index in [0.717, 1.165) is 0 Å². The second kappa shape index (κ2) is 7.25. The third-order valence-electron chi connectivity index (χ3n) is 3.35. The van der Waals surface area contributed by atoms with Crippen LogP contribution in [0.25, 0.3) is 0 Å². The van der Waals surface area contributed by atoms with Crippen LogP contribution < -0.4 is 9.81 Å². The molecule has 0 fully saturated rings. The number of hydrogen-bond donors (Lipinski definition) is 0. The SMILES string of the molecule is CSc1cccc[c]1[Bi]([c]1ccccc1)[c]1ccccc1. The second-order valence-electron chi connectivity index (χ2n) is 4.68. The normalized spacial score (nSPS) is 10.8. The van der Waals surface area contributed by atoms with E-state index in [1.54, 1.807) is 9.81 Å². The maximum atomic E-state index is 2.34. The molecule has 0 atom stereocenters. The van der Waals surface area contributed by atoms with E-state index in [-0.39, 0.29) is 0 Å². The first-order valence-corrected chi connectivity index (χ1v) is 13.4. The third-order valence-corrected chi connectivity index (χ3v) is 14.5. The number of rotatable bonds is 4. The summed E-state index contributed by atoms with van der Waals surface area (Å²) in [4.78, 5) is 1.43. The predicted molar refractivity (Wildman–Crippen MR) is 95.8 cm³/mol. The van der Waals surface area contributed by atoms with Crippen molar-refractivity contribution in [3.63, 3.8) is 0 Å². The topological polar surface area (TPSA) is 0 Å². The minimum absolute atomic E-state index is 1.43. The third kappa shape index (κ3) is 3.39. The van der Waals surface area contributed by atoms with Crippen LogP contribution in [-0.2, 0) is 0 Å². The Labute approximate surface area is 138 Å². The first kappa shape index (κ1) is 14.8. The van der Waals surface area contributed by atoms with Crippen LogP contribution in [0.1, 0.15) is 0 Å². The van der Waals surface area contributed by atoms with Crippen molar-refractivity contribution in [2.45, 2.75) is 4.90 Å². The van der Waals surface area contributed by atoms with Crippen molar-refractivity contribution in [2.75, 3.05) is 6.26 Å². The molecular weight excluding hydrogens is 469 g/mol. The van der Waals surface area contributed by atoms with Crippen LogP contribution in [-0.4, -0.2) is 28.0 Å². The van der Waals surface area contributed by atoms with Gasteiger partial charge in [-0.05, 0) is 0 Å². The molecule has 0 aliphatic heterocycles. The van der Waals surface area contributed by atoms with Crippen LogP contribution in [0.5, 0.6) is 0 Å². The fourth-order valence-corrected chi connectivity index (χ4v) is 13.8. The van der Waals surface area contributed by atoms with Gasteiger partial charge in [0.05, 0.1) is 0 Å². The number of thioether (sulfide) groups is 1. The Balaban J connectivity index is 2.17. The zero-order valence-corrected chi connectivity index (χ0v) is 16.2. The van der Waals surface area contributed by atoms with Gasteiger partial charge in [-0.2, -0.15) is 0 Å². The molecule has 0 aliphatic carbocycles. The zero-order valence-electron chi connectivity index (χ0n) is 11.9. The van der Waals surface area contributed by atoms with Crippen molar-refractivity contribution in [3.05, 3.63) is 84.9 Å². The summed E-state index contributed by atoms with van der Waals surface area (Å²) in [6, 6.07) is 31.0. The summed E-state index contributed by atoms with van der Waals surface area (Å²) in [5.41, 5.74) is 0. The second-order valence-corrected chi connectivity index (χ2v) is 14.0. The monoisotopic (exact) mass is 486 g/mol. The van der Waals surface area contributed by atoms with Gasteiger partial charge in [-0.15, -0.1) is 0 Å². The maximum absolute atomic E-state index is 2.34. The molecule has 0 aromatic heterocycles. The van der Waals surface area contributed by atoms with Gasteiger partial charge >= 0.3 is 139 Å². The van der Waals surface area contributed by atoms with Crippen molar-refractivity contribution in [3.8, 4) is 0 Å². The van der Waals surface area contributed by atoms with Crippen molar-refractivity contribution in [1.29, 1.82) is 0 Å². The Morgan fingerprint density at radius 2 is 1.10 bits per heavy atom. The summed E-state index contributed by atoms with van der Waals surface area (Å²) >= 11 is -0.304. The average Bonchev–Trinajstić information content (AvgIpc) is 2.58. The van der Waals surface area contributed by atoms with E-state index in [1.807, 2.05) is 11.8 Å². The Morgan fingerprint density at radius 1 is 0.619 bits per heavy atom. The fraction of sp³-hybridized carbons (Fsp3) is 0.0526. The molecule has 3 rings (SSSR count). The molecule has 3 aromatic rings. The summed E-state index contributed by atoms with van der Waals surface area (Å²) in [7, 11) is 0. The molecule has 2 heteroatoms. The van der Waals surface area contributed by atoms with E-state index in [0.29, 0.717) is 0 Å². The van der Waals surface area contributed by atoms with Crippen LogP contribution in [0.2, 0.25) is 0 Å². The van der Waals surface area contributed by atoms with Crippen molar-refractivity contribution in [1.82, 2.24) is 0 Å². The van der Waals surface area contributed by atoms with Gasteiger partial charge < -0.3 is 0 Å². The van der Waals surface area contributed by atoms with E-state index < -0.39 is 21.8 Å². The molecule has 0 spiro atoms. The molecule has 0 radical (unpaired) electrons. The molecular formula is C19H17BiS. The Hall–Kier alpha value is -1.11. The summed E-state index contributed by atoms with van der Waals surface area (Å²) < 4.78 is 4.66. The van der Waals surface area contributed by atoms with E-state index in [4.69, 9.17) is 0 Å². The van der Waals surface area contributed by atoms with E-state index in [2.05, 4.69) is 91.2 Å². The molecule has 0 heterocycles. The molecule has 21 heavy (non-hydrogen) atoms. The number of hydrogen-bond acceptors (Lipinski definition) is 1. The molecule has 0 bridgehead atoms. The summed E-state index contributed by atoms with van der Waals surface area (Å²) in [6.45, 7) is 0. The molecule has 0 aliphatic rings. The number of benzene rings is 3. The molecule has 0 N–H and O–H groups in total. The standard InChI is InChI=1S/C7H7S.2C6H5.Bi/c1-8-7-5-3-2-4-6-7;2*1-2-4-6-5-3-1;/h2-5H,1H3;2*1-5H;. The predicted octanol–water partition coefficient (Wildman–Crippen LogP) is 2.92. The van der Waals surface area contributed by atoms with E-state index in [9.17, 15) is 0 Å².